The Bertz CT molecular complexity index is 1480. The maximum Gasteiger partial charge on any atom is 0.312 e. The summed E-state index contributed by atoms with van der Waals surface area (Å²) in [7, 11) is 0. The van der Waals surface area contributed by atoms with Crippen LogP contribution >= 0.6 is 11.3 Å². The van der Waals surface area contributed by atoms with Crippen LogP contribution < -0.4 is 15.2 Å². The Labute approximate surface area is 223 Å². The Kier molecular flexibility index (Phi) is 6.61. The number of halogens is 1. The number of hydrogen-bond donors (Lipinski definition) is 1. The molecule has 0 unspecified atom stereocenters. The molecule has 0 radical (unpaired) electrons. The van der Waals surface area contributed by atoms with E-state index in [0.717, 1.165) is 59.9 Å². The van der Waals surface area contributed by atoms with Gasteiger partial charge < -0.3 is 24.7 Å². The molecule has 5 heterocycles. The smallest absolute Gasteiger partial charge is 0.312 e. The third-order valence-electron chi connectivity index (χ3n) is 7.40. The molecule has 2 N–H and O–H groups in total. The maximum absolute atomic E-state index is 14.3. The Morgan fingerprint density at radius 1 is 1.16 bits per heavy atom. The van der Waals surface area contributed by atoms with E-state index in [1.54, 1.807) is 18.3 Å². The molecule has 0 saturated carbocycles. The molecular weight excluding hydrogens is 507 g/mol. The maximum atomic E-state index is 14.3. The number of amides is 1. The second kappa shape index (κ2) is 10.2. The summed E-state index contributed by atoms with van der Waals surface area (Å²) >= 11 is 1.65. The van der Waals surface area contributed by atoms with Crippen molar-refractivity contribution >= 4 is 34.2 Å². The van der Waals surface area contributed by atoms with Gasteiger partial charge in [0.25, 0.3) is 0 Å². The van der Waals surface area contributed by atoms with Gasteiger partial charge in [-0.3, -0.25) is 4.79 Å². The molecule has 9 nitrogen and oxygen atoms in total. The van der Waals surface area contributed by atoms with Crippen molar-refractivity contribution in [2.24, 2.45) is 5.92 Å². The first-order valence-electron chi connectivity index (χ1n) is 12.9. The van der Waals surface area contributed by atoms with E-state index in [1.807, 2.05) is 33.0 Å². The van der Waals surface area contributed by atoms with Gasteiger partial charge in [0.15, 0.2) is 28.5 Å². The number of fused-ring (bicyclic) bond motifs is 2. The van der Waals surface area contributed by atoms with E-state index in [9.17, 15) is 9.18 Å². The monoisotopic (exact) mass is 536 g/mol. The van der Waals surface area contributed by atoms with Crippen molar-refractivity contribution in [3.8, 4) is 21.9 Å². The zero-order valence-corrected chi connectivity index (χ0v) is 22.0. The number of thiophene rings is 1. The zero-order chi connectivity index (χ0) is 26.2. The Hall–Kier alpha value is -3.73. The fourth-order valence-corrected chi connectivity index (χ4v) is 6.14. The summed E-state index contributed by atoms with van der Waals surface area (Å²) in [4.78, 5) is 27.3. The van der Waals surface area contributed by atoms with E-state index in [2.05, 4.69) is 16.0 Å². The van der Waals surface area contributed by atoms with Crippen molar-refractivity contribution in [3.63, 3.8) is 0 Å². The van der Waals surface area contributed by atoms with Crippen LogP contribution in [0.4, 0.5) is 10.2 Å². The Balaban J connectivity index is 1.35. The number of piperidine rings is 1. The molecule has 1 aromatic carbocycles. The van der Waals surface area contributed by atoms with Gasteiger partial charge in [0, 0.05) is 37.9 Å². The highest BCUT2D eigenvalue weighted by molar-refractivity contribution is 7.13. The molecule has 3 aromatic heterocycles. The van der Waals surface area contributed by atoms with Gasteiger partial charge >= 0.3 is 6.08 Å². The number of imidazole rings is 1. The van der Waals surface area contributed by atoms with Crippen LogP contribution in [0.15, 0.2) is 29.6 Å². The van der Waals surface area contributed by atoms with E-state index < -0.39 is 6.08 Å². The van der Waals surface area contributed by atoms with Crippen LogP contribution in [0.25, 0.3) is 21.6 Å². The first-order valence-corrected chi connectivity index (χ1v) is 13.7. The van der Waals surface area contributed by atoms with Crippen molar-refractivity contribution in [2.75, 3.05) is 32.0 Å². The second-order valence-electron chi connectivity index (χ2n) is 9.77. The van der Waals surface area contributed by atoms with Crippen LogP contribution in [0.3, 0.4) is 0 Å². The minimum atomic E-state index is -0.865. The number of likely N-dealkylation sites (tertiary alicyclic amines) is 1. The third kappa shape index (κ3) is 4.78. The summed E-state index contributed by atoms with van der Waals surface area (Å²) in [5.74, 6) is 2.78. The number of hydrogen-bond acceptors (Lipinski definition) is 8. The molecule has 198 valence electrons. The number of carbonyl (C=O) groups is 1. The fraction of sp³-hybridized carbons (Fsp3) is 0.407. The lowest BCUT2D eigenvalue weighted by Crippen LogP contribution is -2.37. The zero-order valence-electron chi connectivity index (χ0n) is 21.2. The fourth-order valence-electron chi connectivity index (χ4n) is 5.37. The number of aryl methyl sites for hydroxylation is 1. The van der Waals surface area contributed by atoms with E-state index in [4.69, 9.17) is 20.2 Å². The molecule has 0 spiro atoms. The quantitative estimate of drug-likeness (QED) is 0.366. The van der Waals surface area contributed by atoms with E-state index >= 15 is 0 Å². The van der Waals surface area contributed by atoms with Gasteiger partial charge in [-0.2, -0.15) is 14.4 Å². The van der Waals surface area contributed by atoms with Gasteiger partial charge in [-0.1, -0.05) is 6.07 Å². The summed E-state index contributed by atoms with van der Waals surface area (Å²) in [6.07, 6.45) is 2.37. The number of benzene rings is 1. The largest absolute Gasteiger partial charge is 0.486 e. The van der Waals surface area contributed by atoms with E-state index in [-0.39, 0.29) is 11.7 Å². The van der Waals surface area contributed by atoms with Crippen molar-refractivity contribution < 1.29 is 18.7 Å². The Morgan fingerprint density at radius 3 is 2.63 bits per heavy atom. The summed E-state index contributed by atoms with van der Waals surface area (Å²) < 4.78 is 28.0. The first kappa shape index (κ1) is 24.6. The van der Waals surface area contributed by atoms with E-state index in [0.29, 0.717) is 49.0 Å². The van der Waals surface area contributed by atoms with Crippen LogP contribution in [-0.2, 0) is 17.8 Å². The van der Waals surface area contributed by atoms with Crippen molar-refractivity contribution in [1.82, 2.24) is 24.4 Å². The number of nitrogen functional groups attached to an aromatic ring is 1. The minimum absolute atomic E-state index is 0.0305. The number of rotatable bonds is 6. The SMILES string of the molecule is CC(=O)N1CCC(CCn2c(Cc3cc4c(cc3-c3cccs3)OCCO4)nc3c(N)nc(F)nc32)CC1. The van der Waals surface area contributed by atoms with Crippen LogP contribution in [0.2, 0.25) is 0 Å². The van der Waals surface area contributed by atoms with Crippen molar-refractivity contribution in [3.05, 3.63) is 47.1 Å². The summed E-state index contributed by atoms with van der Waals surface area (Å²) in [5.41, 5.74) is 8.95. The van der Waals surface area contributed by atoms with Crippen molar-refractivity contribution in [2.45, 2.75) is 39.2 Å². The normalized spacial score (nSPS) is 15.8. The van der Waals surface area contributed by atoms with Crippen LogP contribution in [-0.4, -0.2) is 56.6 Å². The lowest BCUT2D eigenvalue weighted by molar-refractivity contribution is -0.130. The average molecular weight is 537 g/mol. The minimum Gasteiger partial charge on any atom is -0.486 e. The Morgan fingerprint density at radius 2 is 1.92 bits per heavy atom. The molecule has 38 heavy (non-hydrogen) atoms. The molecule has 4 aromatic rings. The van der Waals surface area contributed by atoms with Crippen LogP contribution in [0.5, 0.6) is 11.5 Å². The molecule has 1 fully saturated rings. The van der Waals surface area contributed by atoms with Gasteiger partial charge in [0.1, 0.15) is 19.0 Å². The summed E-state index contributed by atoms with van der Waals surface area (Å²) in [5, 5.41) is 2.04. The lowest BCUT2D eigenvalue weighted by Gasteiger charge is -2.31. The standard InChI is InChI=1S/C27H29FN6O3S/c1-16(35)33-7-4-17(5-8-33)6-9-34-23(30-24-25(29)31-27(28)32-26(24)34)14-18-13-20-21(37-11-10-36-20)15-19(18)22-3-2-12-38-22/h2-3,12-13,15,17H,4-11,14H2,1H3,(H2,29,31,32). The number of nitrogens with two attached hydrogens (primary N) is 1. The summed E-state index contributed by atoms with van der Waals surface area (Å²) in [6.45, 7) is 4.78. The highest BCUT2D eigenvalue weighted by atomic mass is 32.1. The molecule has 11 heteroatoms. The molecule has 6 rings (SSSR count). The van der Waals surface area contributed by atoms with Gasteiger partial charge in [-0.05, 0) is 59.9 Å². The number of nitrogens with zero attached hydrogens (tertiary/aromatic N) is 5. The highest BCUT2D eigenvalue weighted by Gasteiger charge is 2.24. The predicted octanol–water partition coefficient (Wildman–Crippen LogP) is 4.29. The molecule has 0 atom stereocenters. The molecule has 2 aliphatic heterocycles. The number of aromatic nitrogens is 4. The van der Waals surface area contributed by atoms with Gasteiger partial charge in [-0.25, -0.2) is 4.98 Å². The third-order valence-corrected chi connectivity index (χ3v) is 8.30. The number of ether oxygens (including phenoxy) is 2. The molecule has 1 saturated heterocycles. The predicted molar refractivity (Wildman–Crippen MR) is 143 cm³/mol. The van der Waals surface area contributed by atoms with Crippen LogP contribution in [0.1, 0.15) is 37.6 Å². The molecule has 1 amide bonds. The van der Waals surface area contributed by atoms with Gasteiger partial charge in [0.05, 0.1) is 0 Å². The second-order valence-corrected chi connectivity index (χ2v) is 10.7. The topological polar surface area (TPSA) is 108 Å². The molecule has 0 aliphatic carbocycles. The number of carbonyl (C=O) groups excluding carboxylic acids is 1. The summed E-state index contributed by atoms with van der Waals surface area (Å²) in [6, 6.07) is 8.14. The van der Waals surface area contributed by atoms with E-state index in [1.165, 1.54) is 0 Å². The molecule has 2 aliphatic rings. The van der Waals surface area contributed by atoms with Crippen molar-refractivity contribution in [1.29, 1.82) is 0 Å². The lowest BCUT2D eigenvalue weighted by atomic mass is 9.93. The highest BCUT2D eigenvalue weighted by Crippen LogP contribution is 2.40. The molecular formula is C27H29FN6O3S. The molecule has 0 bridgehead atoms. The van der Waals surface area contributed by atoms with Gasteiger partial charge in [0.2, 0.25) is 5.91 Å². The average Bonchev–Trinajstić information content (AvgIpc) is 3.56. The first-order chi connectivity index (χ1) is 18.5. The number of anilines is 1. The van der Waals surface area contributed by atoms with Crippen LogP contribution in [0, 0.1) is 12.0 Å². The van der Waals surface area contributed by atoms with Gasteiger partial charge in [-0.15, -0.1) is 11.3 Å².